The lowest BCUT2D eigenvalue weighted by Crippen LogP contribution is -2.51. The summed E-state index contributed by atoms with van der Waals surface area (Å²) in [6.45, 7) is 2.54. The summed E-state index contributed by atoms with van der Waals surface area (Å²) in [5, 5.41) is 0. The quantitative estimate of drug-likeness (QED) is 0.904. The number of piperazine rings is 1. The normalized spacial score (nSPS) is 30.0. The second-order valence-electron chi connectivity index (χ2n) is 7.15. The van der Waals surface area contributed by atoms with E-state index in [0.717, 1.165) is 12.3 Å². The molecule has 3 atom stereocenters. The van der Waals surface area contributed by atoms with Crippen molar-refractivity contribution >= 4 is 17.3 Å². The molecule has 6 heteroatoms. The van der Waals surface area contributed by atoms with Gasteiger partial charge in [-0.1, -0.05) is 6.42 Å². The molecule has 2 aliphatic carbocycles. The Morgan fingerprint density at radius 1 is 1.17 bits per heavy atom. The second-order valence-corrected chi connectivity index (χ2v) is 7.15. The third-order valence-electron chi connectivity index (χ3n) is 5.86. The number of pyridine rings is 1. The van der Waals surface area contributed by atoms with Crippen molar-refractivity contribution in [3.8, 4) is 0 Å². The Bertz CT molecular complexity index is 594. The molecule has 0 radical (unpaired) electrons. The molecule has 1 aliphatic heterocycles. The number of rotatable bonds is 2. The number of nitrogens with zero attached hydrogens (tertiary/aromatic N) is 3. The first kappa shape index (κ1) is 14.7. The van der Waals surface area contributed by atoms with E-state index < -0.39 is 5.82 Å². The lowest BCUT2D eigenvalue weighted by Gasteiger charge is -2.38. The Kier molecular flexibility index (Phi) is 3.62. The van der Waals surface area contributed by atoms with Gasteiger partial charge in [-0.2, -0.15) is 0 Å². The van der Waals surface area contributed by atoms with Crippen LogP contribution in [0.25, 0.3) is 0 Å². The van der Waals surface area contributed by atoms with Gasteiger partial charge in [-0.15, -0.1) is 0 Å². The molecule has 2 bridgehead atoms. The summed E-state index contributed by atoms with van der Waals surface area (Å²) in [6, 6.07) is 0. The number of amides is 1. The smallest absolute Gasteiger partial charge is 0.226 e. The minimum Gasteiger partial charge on any atom is -0.396 e. The van der Waals surface area contributed by atoms with Crippen molar-refractivity contribution in [2.24, 2.45) is 17.8 Å². The van der Waals surface area contributed by atoms with Crippen LogP contribution in [0, 0.1) is 23.6 Å². The summed E-state index contributed by atoms with van der Waals surface area (Å²) in [5.41, 5.74) is 6.64. The molecular formula is C17H23FN4O. The third kappa shape index (κ3) is 2.54. The lowest BCUT2D eigenvalue weighted by atomic mass is 9.87. The largest absolute Gasteiger partial charge is 0.396 e. The fourth-order valence-electron chi connectivity index (χ4n) is 4.71. The first-order valence-electron chi connectivity index (χ1n) is 8.56. The molecule has 2 heterocycles. The highest BCUT2D eigenvalue weighted by molar-refractivity contribution is 5.80. The predicted octanol–water partition coefficient (Wildman–Crippen LogP) is 1.89. The van der Waals surface area contributed by atoms with Gasteiger partial charge in [0.25, 0.3) is 0 Å². The van der Waals surface area contributed by atoms with Crippen LogP contribution in [0.5, 0.6) is 0 Å². The molecule has 3 fully saturated rings. The molecule has 1 amide bonds. The van der Waals surface area contributed by atoms with Gasteiger partial charge in [-0.05, 0) is 31.1 Å². The Labute approximate surface area is 135 Å². The Balaban J connectivity index is 1.40. The molecule has 1 aromatic heterocycles. The number of hydrogen-bond donors (Lipinski definition) is 1. The zero-order valence-electron chi connectivity index (χ0n) is 13.2. The van der Waals surface area contributed by atoms with Crippen LogP contribution in [0.15, 0.2) is 12.4 Å². The average molecular weight is 318 g/mol. The number of hydrogen-bond acceptors (Lipinski definition) is 4. The molecule has 0 spiro atoms. The van der Waals surface area contributed by atoms with Gasteiger partial charge >= 0.3 is 0 Å². The van der Waals surface area contributed by atoms with E-state index in [1.165, 1.54) is 31.7 Å². The van der Waals surface area contributed by atoms with E-state index in [0.29, 0.717) is 49.4 Å². The van der Waals surface area contributed by atoms with E-state index in [9.17, 15) is 9.18 Å². The molecule has 4 rings (SSSR count). The van der Waals surface area contributed by atoms with Gasteiger partial charge in [-0.25, -0.2) is 4.39 Å². The van der Waals surface area contributed by atoms with Gasteiger partial charge in [0.1, 0.15) is 0 Å². The van der Waals surface area contributed by atoms with Crippen molar-refractivity contribution in [1.82, 2.24) is 9.88 Å². The molecular weight excluding hydrogens is 295 g/mol. The topological polar surface area (TPSA) is 62.5 Å². The standard InChI is InChI=1S/C17H23FN4O/c18-14-9-20-10-15(19)16(14)21-3-5-22(6-4-21)17(23)13-8-11-1-2-12(13)7-11/h9-13H,1-8,19H2. The van der Waals surface area contributed by atoms with E-state index in [1.54, 1.807) is 0 Å². The van der Waals surface area contributed by atoms with Gasteiger partial charge in [0.15, 0.2) is 5.82 Å². The SMILES string of the molecule is Nc1cncc(F)c1N1CCN(C(=O)C2CC3CCC2C3)CC1. The van der Waals surface area contributed by atoms with E-state index in [1.807, 2.05) is 9.80 Å². The highest BCUT2D eigenvalue weighted by atomic mass is 19.1. The molecule has 2 N–H and O–H groups in total. The van der Waals surface area contributed by atoms with Crippen LogP contribution in [0.2, 0.25) is 0 Å². The first-order chi connectivity index (χ1) is 11.1. The van der Waals surface area contributed by atoms with Crippen molar-refractivity contribution in [2.75, 3.05) is 36.8 Å². The second kappa shape index (κ2) is 5.65. The van der Waals surface area contributed by atoms with Gasteiger partial charge in [0.2, 0.25) is 5.91 Å². The third-order valence-corrected chi connectivity index (χ3v) is 5.86. The summed E-state index contributed by atoms with van der Waals surface area (Å²) in [5.74, 6) is 1.56. The average Bonchev–Trinajstić information content (AvgIpc) is 3.18. The molecule has 124 valence electrons. The van der Waals surface area contributed by atoms with Crippen LogP contribution >= 0.6 is 0 Å². The van der Waals surface area contributed by atoms with Gasteiger partial charge < -0.3 is 15.5 Å². The highest BCUT2D eigenvalue weighted by Gasteiger charge is 2.44. The number of anilines is 2. The zero-order valence-corrected chi connectivity index (χ0v) is 13.2. The zero-order chi connectivity index (χ0) is 16.0. The molecule has 23 heavy (non-hydrogen) atoms. The van der Waals surface area contributed by atoms with Gasteiger partial charge in [0, 0.05) is 32.1 Å². The number of fused-ring (bicyclic) bond motifs is 2. The van der Waals surface area contributed by atoms with Crippen molar-refractivity contribution in [1.29, 1.82) is 0 Å². The summed E-state index contributed by atoms with van der Waals surface area (Å²) < 4.78 is 14.0. The summed E-state index contributed by atoms with van der Waals surface area (Å²) in [4.78, 5) is 20.4. The molecule has 3 unspecified atom stereocenters. The first-order valence-corrected chi connectivity index (χ1v) is 8.56. The molecule has 1 aromatic rings. The number of halogens is 1. The number of aromatic nitrogens is 1. The number of carbonyl (C=O) groups is 1. The van der Waals surface area contributed by atoms with Crippen molar-refractivity contribution in [3.05, 3.63) is 18.2 Å². The minimum atomic E-state index is -0.391. The van der Waals surface area contributed by atoms with E-state index in [4.69, 9.17) is 5.73 Å². The number of nitrogens with two attached hydrogens (primary N) is 1. The van der Waals surface area contributed by atoms with Crippen LogP contribution in [-0.4, -0.2) is 42.0 Å². The Morgan fingerprint density at radius 3 is 2.57 bits per heavy atom. The lowest BCUT2D eigenvalue weighted by molar-refractivity contribution is -0.137. The predicted molar refractivity (Wildman–Crippen MR) is 86.3 cm³/mol. The number of carbonyl (C=O) groups excluding carboxylic acids is 1. The summed E-state index contributed by atoms with van der Waals surface area (Å²) >= 11 is 0. The van der Waals surface area contributed by atoms with Crippen molar-refractivity contribution in [3.63, 3.8) is 0 Å². The maximum atomic E-state index is 14.0. The molecule has 0 aromatic carbocycles. The maximum Gasteiger partial charge on any atom is 0.226 e. The van der Waals surface area contributed by atoms with E-state index in [2.05, 4.69) is 4.98 Å². The van der Waals surface area contributed by atoms with Crippen LogP contribution in [0.3, 0.4) is 0 Å². The molecule has 5 nitrogen and oxygen atoms in total. The molecule has 2 saturated carbocycles. The minimum absolute atomic E-state index is 0.239. The monoisotopic (exact) mass is 318 g/mol. The summed E-state index contributed by atoms with van der Waals surface area (Å²) in [7, 11) is 0. The van der Waals surface area contributed by atoms with Crippen LogP contribution in [0.1, 0.15) is 25.7 Å². The van der Waals surface area contributed by atoms with Crippen molar-refractivity contribution in [2.45, 2.75) is 25.7 Å². The highest BCUT2D eigenvalue weighted by Crippen LogP contribution is 2.49. The van der Waals surface area contributed by atoms with Crippen LogP contribution in [0.4, 0.5) is 15.8 Å². The Hall–Kier alpha value is -1.85. The van der Waals surface area contributed by atoms with Crippen LogP contribution in [-0.2, 0) is 4.79 Å². The fraction of sp³-hybridized carbons (Fsp3) is 0.647. The van der Waals surface area contributed by atoms with Gasteiger partial charge in [0.05, 0.1) is 23.8 Å². The van der Waals surface area contributed by atoms with E-state index in [-0.39, 0.29) is 5.92 Å². The number of nitrogen functional groups attached to an aromatic ring is 1. The van der Waals surface area contributed by atoms with Crippen molar-refractivity contribution < 1.29 is 9.18 Å². The Morgan fingerprint density at radius 2 is 1.96 bits per heavy atom. The van der Waals surface area contributed by atoms with E-state index >= 15 is 0 Å². The van der Waals surface area contributed by atoms with Crippen LogP contribution < -0.4 is 10.6 Å². The van der Waals surface area contributed by atoms with Gasteiger partial charge in [-0.3, -0.25) is 9.78 Å². The molecule has 3 aliphatic rings. The fourth-order valence-corrected chi connectivity index (χ4v) is 4.71. The maximum absolute atomic E-state index is 14.0. The molecule has 1 saturated heterocycles. The summed E-state index contributed by atoms with van der Waals surface area (Å²) in [6.07, 6.45) is 7.52.